The van der Waals surface area contributed by atoms with Gasteiger partial charge in [-0.2, -0.15) is 0 Å². The van der Waals surface area contributed by atoms with Crippen molar-refractivity contribution in [2.75, 3.05) is 40.2 Å². The molecule has 5 aliphatic rings. The number of methoxy groups -OCH3 is 1. The summed E-state index contributed by atoms with van der Waals surface area (Å²) < 4.78 is 18.0. The van der Waals surface area contributed by atoms with Gasteiger partial charge in [0, 0.05) is 19.2 Å². The van der Waals surface area contributed by atoms with Crippen LogP contribution in [0.25, 0.3) is 11.1 Å². The third-order valence-corrected chi connectivity index (χ3v) is 12.8. The van der Waals surface area contributed by atoms with E-state index in [1.807, 2.05) is 30.3 Å². The van der Waals surface area contributed by atoms with Crippen LogP contribution < -0.4 is 26.4 Å². The van der Waals surface area contributed by atoms with Crippen LogP contribution in [-0.2, 0) is 41.3 Å². The van der Waals surface area contributed by atoms with E-state index in [0.29, 0.717) is 48.8 Å². The summed E-state index contributed by atoms with van der Waals surface area (Å²) in [5, 5.41) is 8.45. The Morgan fingerprint density at radius 2 is 1.73 bits per heavy atom. The zero-order valence-electron chi connectivity index (χ0n) is 38.3. The highest BCUT2D eigenvalue weighted by Gasteiger charge is 2.52. The number of nitrogens with two attached hydrogens (primary N) is 1. The largest absolute Gasteiger partial charge is 0.496 e. The Morgan fingerprint density at radius 1 is 1.00 bits per heavy atom. The lowest BCUT2D eigenvalue weighted by Gasteiger charge is -2.45. The number of amides is 4. The van der Waals surface area contributed by atoms with Crippen molar-refractivity contribution in [2.24, 2.45) is 22.6 Å². The van der Waals surface area contributed by atoms with Crippen molar-refractivity contribution < 1.29 is 33.2 Å². The Hall–Kier alpha value is -5.31. The van der Waals surface area contributed by atoms with Gasteiger partial charge in [-0.3, -0.25) is 24.2 Å². The third-order valence-electron chi connectivity index (χ3n) is 12.8. The van der Waals surface area contributed by atoms with E-state index in [1.54, 1.807) is 32.5 Å². The van der Waals surface area contributed by atoms with Crippen molar-refractivity contribution in [1.29, 1.82) is 0 Å². The smallest absolute Gasteiger partial charge is 0.478 e. The number of carbonyl (C=O) groups excluding carboxylic acids is 4. The molecule has 0 spiro atoms. The van der Waals surface area contributed by atoms with Crippen LogP contribution in [0.1, 0.15) is 100 Å². The molecule has 6 atom stereocenters. The molecular weight excluding hydrogens is 807 g/mol. The van der Waals surface area contributed by atoms with Gasteiger partial charge in [-0.15, -0.1) is 0 Å². The molecule has 1 saturated heterocycles. The third kappa shape index (κ3) is 12.5. The standard InChI is InChI=1S/C46H56BN5O7.C4H11N/c1-5-6-9-30-12-16-32(17-13-30)33-18-14-31(15-19-33)25-48-27-42(54)52(3)43-35-20-21-39(57-4)34(22-35)10-7-8-11-38(51-41(53)26-49-46(43)56)45(55)50-28-47-58-40-24-36-23-37(29(36)2)44(40)59-47;1-2-3-4-5/h12-23,25,29,37-38,40,43-44H,5-11,24,26-28H2,1-4H3,(H,49,56)(H,50,55)(H,51,53);2-5H2,1H3. The number of ether oxygens (including phenoxy) is 1. The molecule has 342 valence electrons. The summed E-state index contributed by atoms with van der Waals surface area (Å²) in [4.78, 5) is 60.0. The molecule has 64 heavy (non-hydrogen) atoms. The Labute approximate surface area is 379 Å². The van der Waals surface area contributed by atoms with E-state index in [9.17, 15) is 19.2 Å². The summed E-state index contributed by atoms with van der Waals surface area (Å²) in [5.41, 5.74) is 12.4. The summed E-state index contributed by atoms with van der Waals surface area (Å²) in [6, 6.07) is 20.2. The molecule has 1 saturated carbocycles. The Kier molecular flexibility index (Phi) is 17.7. The number of nitrogens with one attached hydrogen (secondary N) is 3. The van der Waals surface area contributed by atoms with E-state index in [2.05, 4.69) is 72.1 Å². The van der Waals surface area contributed by atoms with Crippen molar-refractivity contribution in [3.05, 3.63) is 101 Å². The molecule has 8 rings (SSSR count). The second-order valence-corrected chi connectivity index (χ2v) is 17.4. The van der Waals surface area contributed by atoms with Gasteiger partial charge in [0.05, 0.1) is 32.3 Å². The summed E-state index contributed by atoms with van der Waals surface area (Å²) in [6.45, 7) is 6.82. The van der Waals surface area contributed by atoms with Crippen LogP contribution in [-0.4, -0.2) is 100 Å². The predicted molar refractivity (Wildman–Crippen MR) is 252 cm³/mol. The number of carbonyl (C=O) groups is 4. The van der Waals surface area contributed by atoms with Gasteiger partial charge in [0.2, 0.25) is 23.6 Å². The summed E-state index contributed by atoms with van der Waals surface area (Å²) in [7, 11) is 2.60. The van der Waals surface area contributed by atoms with E-state index in [4.69, 9.17) is 19.8 Å². The molecule has 2 heterocycles. The number of aryl methyl sites for hydroxylation is 2. The fourth-order valence-electron chi connectivity index (χ4n) is 8.86. The Morgan fingerprint density at radius 3 is 2.41 bits per heavy atom. The maximum Gasteiger partial charge on any atom is 0.478 e. The number of nitrogens with zero attached hydrogens (tertiary/aromatic N) is 2. The van der Waals surface area contributed by atoms with Crippen molar-refractivity contribution in [2.45, 2.75) is 109 Å². The summed E-state index contributed by atoms with van der Waals surface area (Å²) >= 11 is 0. The minimum absolute atomic E-state index is 0.00372. The van der Waals surface area contributed by atoms with Gasteiger partial charge in [-0.25, -0.2) is 0 Å². The zero-order valence-corrected chi connectivity index (χ0v) is 38.3. The minimum Gasteiger partial charge on any atom is -0.496 e. The number of benzene rings is 3. The average Bonchev–Trinajstić information content (AvgIpc) is 3.74. The first-order chi connectivity index (χ1) is 31.0. The molecule has 6 unspecified atom stereocenters. The monoisotopic (exact) mass is 875 g/mol. The van der Waals surface area contributed by atoms with Gasteiger partial charge in [-0.05, 0) is 103 Å². The summed E-state index contributed by atoms with van der Waals surface area (Å²) in [5.74, 6) is -0.256. The van der Waals surface area contributed by atoms with Crippen LogP contribution in [0.2, 0.25) is 0 Å². The number of aliphatic imine (C=N–C) groups is 1. The van der Waals surface area contributed by atoms with E-state index < -0.39 is 31.0 Å². The van der Waals surface area contributed by atoms with Gasteiger partial charge < -0.3 is 40.6 Å². The fourth-order valence-corrected chi connectivity index (χ4v) is 8.86. The molecule has 3 aromatic rings. The molecule has 13 nitrogen and oxygen atoms in total. The number of unbranched alkanes of at least 4 members (excludes halogenated alkanes) is 2. The van der Waals surface area contributed by atoms with E-state index in [0.717, 1.165) is 41.6 Å². The molecule has 2 fully saturated rings. The molecule has 4 bridgehead atoms. The molecule has 5 N–H and O–H groups in total. The highest BCUT2D eigenvalue weighted by atomic mass is 16.7. The van der Waals surface area contributed by atoms with Gasteiger partial charge in [0.1, 0.15) is 24.4 Å². The number of rotatable bonds is 14. The van der Waals surface area contributed by atoms with Crippen LogP contribution in [0.5, 0.6) is 5.75 Å². The van der Waals surface area contributed by atoms with Crippen LogP contribution in [0.3, 0.4) is 0 Å². The maximum atomic E-state index is 13.9. The van der Waals surface area contributed by atoms with Gasteiger partial charge >= 0.3 is 7.12 Å². The molecule has 0 aromatic heterocycles. The second-order valence-electron chi connectivity index (χ2n) is 17.4. The quantitative estimate of drug-likeness (QED) is 0.0878. The Balaban J connectivity index is 0.00000129. The predicted octanol–water partition coefficient (Wildman–Crippen LogP) is 5.92. The van der Waals surface area contributed by atoms with E-state index in [-0.39, 0.29) is 43.6 Å². The van der Waals surface area contributed by atoms with Crippen LogP contribution in [0.15, 0.2) is 83.4 Å². The van der Waals surface area contributed by atoms with Gasteiger partial charge in [0.25, 0.3) is 0 Å². The van der Waals surface area contributed by atoms with Crippen LogP contribution >= 0.6 is 0 Å². The minimum atomic E-state index is -1.05. The molecular formula is C50H67BN6O7. The van der Waals surface area contributed by atoms with Crippen molar-refractivity contribution >= 4 is 37.0 Å². The molecule has 14 heteroatoms. The molecule has 3 aromatic carbocycles. The van der Waals surface area contributed by atoms with Crippen molar-refractivity contribution in [3.63, 3.8) is 0 Å². The Bertz CT molecular complexity index is 2110. The SMILES string of the molecule is CCCCN.CCCCc1ccc(-c2ccc(C=NCC(=O)N(C)C3C(=O)NCC(=O)NC(C(=O)NCB4OC5CC6=CC(C6C)C5O4)CCCCc4cc3ccc4OC)cc2)cc1. The lowest BCUT2D eigenvalue weighted by molar-refractivity contribution is -0.138. The lowest BCUT2D eigenvalue weighted by atomic mass is 9.64. The molecule has 2 aliphatic heterocycles. The zero-order chi connectivity index (χ0) is 45.6. The number of likely N-dealkylation sites (N-methyl/N-ethyl adjacent to an activating group) is 1. The van der Waals surface area contributed by atoms with E-state index >= 15 is 0 Å². The van der Waals surface area contributed by atoms with Crippen LogP contribution in [0.4, 0.5) is 0 Å². The average molecular weight is 875 g/mol. The normalized spacial score (nSPS) is 23.0. The van der Waals surface area contributed by atoms with Gasteiger partial charge in [0.15, 0.2) is 0 Å². The molecule has 0 radical (unpaired) electrons. The van der Waals surface area contributed by atoms with Crippen molar-refractivity contribution in [3.8, 4) is 16.9 Å². The first kappa shape index (κ1) is 48.2. The van der Waals surface area contributed by atoms with Crippen molar-refractivity contribution in [1.82, 2.24) is 20.9 Å². The molecule has 4 amide bonds. The highest BCUT2D eigenvalue weighted by molar-refractivity contribution is 6.45. The van der Waals surface area contributed by atoms with E-state index in [1.165, 1.54) is 41.7 Å². The number of hydrogen-bond donors (Lipinski definition) is 4. The van der Waals surface area contributed by atoms with Gasteiger partial charge in [-0.1, -0.05) is 106 Å². The first-order valence-corrected chi connectivity index (χ1v) is 23.2. The number of hydrogen-bond acceptors (Lipinski definition) is 9. The topological polar surface area (TPSA) is 174 Å². The lowest BCUT2D eigenvalue weighted by Crippen LogP contribution is -2.52. The number of fused-ring (bicyclic) bond motifs is 2. The van der Waals surface area contributed by atoms with Crippen LogP contribution in [0, 0.1) is 11.8 Å². The summed E-state index contributed by atoms with van der Waals surface area (Å²) in [6.07, 6.45) is 13.1. The second kappa shape index (κ2) is 23.6. The molecule has 3 aliphatic carbocycles. The fraction of sp³-hybridized carbons (Fsp3) is 0.500. The first-order valence-electron chi connectivity index (χ1n) is 23.2. The maximum absolute atomic E-state index is 13.9. The highest BCUT2D eigenvalue weighted by Crippen LogP contribution is 2.49.